The fourth-order valence-corrected chi connectivity index (χ4v) is 9.61. The van der Waals surface area contributed by atoms with Crippen molar-refractivity contribution in [2.75, 3.05) is 0 Å². The molecule has 9 aromatic carbocycles. The largest absolute Gasteiger partial charge is 0.455 e. The van der Waals surface area contributed by atoms with Crippen molar-refractivity contribution in [2.45, 2.75) is 0 Å². The van der Waals surface area contributed by atoms with Crippen LogP contribution in [0.5, 0.6) is 0 Å². The summed E-state index contributed by atoms with van der Waals surface area (Å²) in [6.07, 6.45) is 0. The van der Waals surface area contributed by atoms with Crippen LogP contribution in [0.2, 0.25) is 0 Å². The molecule has 0 saturated heterocycles. The molecule has 0 radical (unpaired) electrons. The highest BCUT2D eigenvalue weighted by Crippen LogP contribution is 2.47. The van der Waals surface area contributed by atoms with Gasteiger partial charge in [0.1, 0.15) is 11.2 Å². The van der Waals surface area contributed by atoms with Crippen molar-refractivity contribution in [3.05, 3.63) is 164 Å². The molecule has 0 aliphatic heterocycles. The summed E-state index contributed by atoms with van der Waals surface area (Å²) in [7, 11) is 0. The highest BCUT2D eigenvalue weighted by molar-refractivity contribution is 7.25. The number of hydrogen-bond donors (Lipinski definition) is 0. The van der Waals surface area contributed by atoms with Gasteiger partial charge in [-0.1, -0.05) is 133 Å². The standard InChI is InChI=1S/C49H27N3OS/c1-2-13-28(14-3-1)47-50-48(36-22-12-24-42-43(36)35-21-10-11-23-41(35)54-42)52-49(51-47)39-27-37-33-19-7-6-17-31(33)32-18-8-9-20-34(32)44(37)46-45(39)38-25-29-15-4-5-16-30(29)26-40(38)53-46/h1-27H. The van der Waals surface area contributed by atoms with Crippen LogP contribution in [0.25, 0.3) is 119 Å². The number of benzene rings is 9. The first kappa shape index (κ1) is 29.6. The predicted octanol–water partition coefficient (Wildman–Crippen LogP) is 13.8. The third kappa shape index (κ3) is 4.27. The fourth-order valence-electron chi connectivity index (χ4n) is 8.48. The Morgan fingerprint density at radius 2 is 0.963 bits per heavy atom. The molecule has 3 aromatic heterocycles. The van der Waals surface area contributed by atoms with Crippen LogP contribution in [0, 0.1) is 0 Å². The Bertz CT molecular complexity index is 3510. The Morgan fingerprint density at radius 1 is 0.370 bits per heavy atom. The number of aromatic nitrogens is 3. The van der Waals surface area contributed by atoms with E-state index in [1.165, 1.54) is 25.6 Å². The molecule has 12 aromatic rings. The van der Waals surface area contributed by atoms with Crippen LogP contribution >= 0.6 is 11.3 Å². The molecule has 0 spiro atoms. The Kier molecular flexibility index (Phi) is 6.18. The summed E-state index contributed by atoms with van der Waals surface area (Å²) >= 11 is 1.80. The molecule has 0 fully saturated rings. The first-order valence-electron chi connectivity index (χ1n) is 18.1. The number of nitrogens with zero attached hydrogens (tertiary/aromatic N) is 3. The minimum absolute atomic E-state index is 0.607. The van der Waals surface area contributed by atoms with E-state index in [1.54, 1.807) is 11.3 Å². The van der Waals surface area contributed by atoms with Crippen LogP contribution in [-0.4, -0.2) is 15.0 Å². The molecule has 250 valence electrons. The van der Waals surface area contributed by atoms with Crippen molar-refractivity contribution in [2.24, 2.45) is 0 Å². The second kappa shape index (κ2) is 11.3. The number of thiophene rings is 1. The Hall–Kier alpha value is -6.95. The van der Waals surface area contributed by atoms with Gasteiger partial charge < -0.3 is 4.42 Å². The van der Waals surface area contributed by atoms with Crippen molar-refractivity contribution in [3.63, 3.8) is 0 Å². The predicted molar refractivity (Wildman–Crippen MR) is 226 cm³/mol. The van der Waals surface area contributed by atoms with Gasteiger partial charge in [0.2, 0.25) is 0 Å². The average Bonchev–Trinajstić information content (AvgIpc) is 3.81. The lowest BCUT2D eigenvalue weighted by Crippen LogP contribution is -2.01. The topological polar surface area (TPSA) is 51.8 Å². The zero-order valence-electron chi connectivity index (χ0n) is 28.7. The van der Waals surface area contributed by atoms with Crippen LogP contribution in [0.15, 0.2) is 168 Å². The van der Waals surface area contributed by atoms with E-state index in [0.717, 1.165) is 76.3 Å². The summed E-state index contributed by atoms with van der Waals surface area (Å²) in [5.74, 6) is 1.88. The second-order valence-electron chi connectivity index (χ2n) is 13.9. The normalized spacial score (nSPS) is 12.1. The average molecular weight is 706 g/mol. The summed E-state index contributed by atoms with van der Waals surface area (Å²) in [5, 5.41) is 13.6. The van der Waals surface area contributed by atoms with E-state index in [0.29, 0.717) is 17.5 Å². The van der Waals surface area contributed by atoms with Gasteiger partial charge in [0.05, 0.1) is 0 Å². The van der Waals surface area contributed by atoms with E-state index < -0.39 is 0 Å². The lowest BCUT2D eigenvalue weighted by molar-refractivity contribution is 0.673. The SMILES string of the molecule is c1ccc(-c2nc(-c3cccc4sc5ccccc5c34)nc(-c3cc4c5ccccc5c5ccccc5c4c4oc5cc6ccccc6cc5c34)n2)cc1. The zero-order chi connectivity index (χ0) is 35.3. The van der Waals surface area contributed by atoms with Crippen LogP contribution in [0.3, 0.4) is 0 Å². The third-order valence-electron chi connectivity index (χ3n) is 10.9. The Morgan fingerprint density at radius 3 is 1.76 bits per heavy atom. The molecule has 0 aliphatic rings. The fraction of sp³-hybridized carbons (Fsp3) is 0. The van der Waals surface area contributed by atoms with E-state index >= 15 is 0 Å². The molecule has 0 aliphatic carbocycles. The molecule has 0 N–H and O–H groups in total. The van der Waals surface area contributed by atoms with Gasteiger partial charge in [-0.15, -0.1) is 11.3 Å². The van der Waals surface area contributed by atoms with Gasteiger partial charge in [-0.3, -0.25) is 0 Å². The first-order valence-corrected chi connectivity index (χ1v) is 18.9. The van der Waals surface area contributed by atoms with Crippen molar-refractivity contribution < 1.29 is 4.42 Å². The summed E-state index contributed by atoms with van der Waals surface area (Å²) in [4.78, 5) is 16.0. The minimum Gasteiger partial charge on any atom is -0.455 e. The maximum absolute atomic E-state index is 7.05. The van der Waals surface area contributed by atoms with Crippen molar-refractivity contribution in [3.8, 4) is 34.2 Å². The summed E-state index contributed by atoms with van der Waals surface area (Å²) in [6.45, 7) is 0. The Labute approximate surface area is 312 Å². The van der Waals surface area contributed by atoms with E-state index in [1.807, 2.05) is 18.2 Å². The third-order valence-corrected chi connectivity index (χ3v) is 12.0. The molecular formula is C49H27N3OS. The van der Waals surface area contributed by atoms with Gasteiger partial charge in [-0.2, -0.15) is 0 Å². The lowest BCUT2D eigenvalue weighted by atomic mass is 9.90. The van der Waals surface area contributed by atoms with E-state index in [-0.39, 0.29) is 0 Å². The quantitative estimate of drug-likeness (QED) is 0.172. The molecular weight excluding hydrogens is 679 g/mol. The van der Waals surface area contributed by atoms with E-state index in [2.05, 4.69) is 146 Å². The van der Waals surface area contributed by atoms with Gasteiger partial charge >= 0.3 is 0 Å². The lowest BCUT2D eigenvalue weighted by Gasteiger charge is -2.14. The zero-order valence-corrected chi connectivity index (χ0v) is 29.6. The molecule has 0 amide bonds. The van der Waals surface area contributed by atoms with E-state index in [4.69, 9.17) is 19.4 Å². The summed E-state index contributed by atoms with van der Waals surface area (Å²) in [5.41, 5.74) is 4.50. The van der Waals surface area contributed by atoms with Gasteiger partial charge in [0.25, 0.3) is 0 Å². The van der Waals surface area contributed by atoms with Gasteiger partial charge in [-0.05, 0) is 68.0 Å². The molecule has 5 heteroatoms. The number of fused-ring (bicyclic) bond motifs is 14. The van der Waals surface area contributed by atoms with Crippen molar-refractivity contribution in [1.82, 2.24) is 15.0 Å². The Balaban J connectivity index is 1.27. The van der Waals surface area contributed by atoms with Gasteiger partial charge in [0, 0.05) is 53.0 Å². The molecule has 0 atom stereocenters. The van der Waals surface area contributed by atoms with Gasteiger partial charge in [0.15, 0.2) is 17.5 Å². The summed E-state index contributed by atoms with van der Waals surface area (Å²) in [6, 6.07) is 57.8. The molecule has 54 heavy (non-hydrogen) atoms. The van der Waals surface area contributed by atoms with Crippen LogP contribution in [0.1, 0.15) is 0 Å². The van der Waals surface area contributed by atoms with Crippen LogP contribution in [0.4, 0.5) is 0 Å². The molecule has 3 heterocycles. The van der Waals surface area contributed by atoms with E-state index in [9.17, 15) is 0 Å². The maximum Gasteiger partial charge on any atom is 0.164 e. The van der Waals surface area contributed by atoms with Crippen molar-refractivity contribution in [1.29, 1.82) is 0 Å². The maximum atomic E-state index is 7.05. The second-order valence-corrected chi connectivity index (χ2v) is 15.0. The first-order chi connectivity index (χ1) is 26.8. The molecule has 12 rings (SSSR count). The molecule has 0 saturated carbocycles. The van der Waals surface area contributed by atoms with Crippen LogP contribution < -0.4 is 0 Å². The number of rotatable bonds is 3. The number of hydrogen-bond acceptors (Lipinski definition) is 5. The van der Waals surface area contributed by atoms with Gasteiger partial charge in [-0.25, -0.2) is 15.0 Å². The van der Waals surface area contributed by atoms with Crippen molar-refractivity contribution >= 4 is 96.5 Å². The highest BCUT2D eigenvalue weighted by atomic mass is 32.1. The highest BCUT2D eigenvalue weighted by Gasteiger charge is 2.24. The molecule has 0 unspecified atom stereocenters. The van der Waals surface area contributed by atoms with Crippen LogP contribution in [-0.2, 0) is 0 Å². The molecule has 4 nitrogen and oxygen atoms in total. The summed E-state index contributed by atoms with van der Waals surface area (Å²) < 4.78 is 9.49. The smallest absolute Gasteiger partial charge is 0.164 e. The number of furan rings is 1. The monoisotopic (exact) mass is 705 g/mol. The minimum atomic E-state index is 0.607. The molecule has 0 bridgehead atoms.